The molecule has 0 bridgehead atoms. The molecule has 1 N–H and O–H groups in total. The van der Waals surface area contributed by atoms with Gasteiger partial charge in [0.15, 0.2) is 5.43 Å². The Morgan fingerprint density at radius 2 is 1.56 bits per heavy atom. The van der Waals surface area contributed by atoms with Gasteiger partial charge in [0, 0.05) is 11.6 Å². The highest BCUT2D eigenvalue weighted by molar-refractivity contribution is 5.93. The molecule has 0 aliphatic carbocycles. The van der Waals surface area contributed by atoms with Crippen molar-refractivity contribution in [3.05, 3.63) is 94.6 Å². The first-order valence-electron chi connectivity index (χ1n) is 8.25. The number of hydrogen-bond acceptors (Lipinski definition) is 4. The number of carboxylic acids is 1. The molecule has 0 radical (unpaired) electrons. The van der Waals surface area contributed by atoms with Gasteiger partial charge in [0.1, 0.15) is 22.8 Å². The molecular formula is C22H14O5. The number of ether oxygens (including phenoxy) is 1. The van der Waals surface area contributed by atoms with Gasteiger partial charge >= 0.3 is 5.97 Å². The number of fused-ring (bicyclic) bond motifs is 1. The van der Waals surface area contributed by atoms with Crippen LogP contribution in [0, 0.1) is 0 Å². The number of aromatic carboxylic acids is 1. The monoisotopic (exact) mass is 358 g/mol. The van der Waals surface area contributed by atoms with Gasteiger partial charge in [-0.3, -0.25) is 4.79 Å². The molecule has 0 saturated heterocycles. The molecule has 132 valence electrons. The lowest BCUT2D eigenvalue weighted by Crippen LogP contribution is -2.03. The van der Waals surface area contributed by atoms with E-state index in [9.17, 15) is 9.59 Å². The van der Waals surface area contributed by atoms with Gasteiger partial charge in [-0.15, -0.1) is 0 Å². The highest BCUT2D eigenvalue weighted by Crippen LogP contribution is 2.27. The van der Waals surface area contributed by atoms with Crippen molar-refractivity contribution >= 4 is 16.9 Å². The lowest BCUT2D eigenvalue weighted by Gasteiger charge is -2.07. The predicted molar refractivity (Wildman–Crippen MR) is 101 cm³/mol. The van der Waals surface area contributed by atoms with Gasteiger partial charge in [-0.1, -0.05) is 18.2 Å². The molecule has 3 aromatic carbocycles. The molecule has 4 rings (SSSR count). The van der Waals surface area contributed by atoms with Crippen LogP contribution in [-0.4, -0.2) is 11.1 Å². The first-order valence-corrected chi connectivity index (χ1v) is 8.25. The lowest BCUT2D eigenvalue weighted by molar-refractivity contribution is 0.0697. The smallest absolute Gasteiger partial charge is 0.335 e. The van der Waals surface area contributed by atoms with E-state index in [0.29, 0.717) is 17.1 Å². The first-order chi connectivity index (χ1) is 13.1. The molecule has 0 spiro atoms. The second-order valence-electron chi connectivity index (χ2n) is 5.93. The Morgan fingerprint density at radius 3 is 2.26 bits per heavy atom. The maximum atomic E-state index is 12.4. The fourth-order valence-corrected chi connectivity index (χ4v) is 2.74. The van der Waals surface area contributed by atoms with E-state index in [4.69, 9.17) is 14.3 Å². The number of carbonyl (C=O) groups is 1. The van der Waals surface area contributed by atoms with E-state index in [1.807, 2.05) is 30.3 Å². The van der Waals surface area contributed by atoms with Crippen LogP contribution in [0.25, 0.3) is 22.3 Å². The van der Waals surface area contributed by atoms with Crippen molar-refractivity contribution in [2.24, 2.45) is 0 Å². The molecule has 0 aliphatic heterocycles. The molecular weight excluding hydrogens is 344 g/mol. The second-order valence-corrected chi connectivity index (χ2v) is 5.93. The minimum atomic E-state index is -1.09. The Morgan fingerprint density at radius 1 is 0.852 bits per heavy atom. The molecule has 5 nitrogen and oxygen atoms in total. The summed E-state index contributed by atoms with van der Waals surface area (Å²) in [7, 11) is 0. The van der Waals surface area contributed by atoms with Crippen LogP contribution in [0.3, 0.4) is 0 Å². The molecule has 0 amide bonds. The van der Waals surface area contributed by atoms with Gasteiger partial charge in [0.2, 0.25) is 0 Å². The Hall–Kier alpha value is -3.86. The molecule has 27 heavy (non-hydrogen) atoms. The van der Waals surface area contributed by atoms with Crippen LogP contribution in [0.15, 0.2) is 88.1 Å². The van der Waals surface area contributed by atoms with Gasteiger partial charge in [-0.05, 0) is 54.6 Å². The normalized spacial score (nSPS) is 10.7. The molecule has 4 aromatic rings. The van der Waals surface area contributed by atoms with Crippen LogP contribution in [0.5, 0.6) is 11.5 Å². The van der Waals surface area contributed by atoms with Crippen molar-refractivity contribution in [3.8, 4) is 22.8 Å². The van der Waals surface area contributed by atoms with Crippen molar-refractivity contribution in [2.45, 2.75) is 0 Å². The summed E-state index contributed by atoms with van der Waals surface area (Å²) in [5.41, 5.74) is 0.813. The maximum absolute atomic E-state index is 12.4. The van der Waals surface area contributed by atoms with Crippen molar-refractivity contribution < 1.29 is 19.1 Å². The van der Waals surface area contributed by atoms with Crippen LogP contribution >= 0.6 is 0 Å². The van der Waals surface area contributed by atoms with E-state index in [0.717, 1.165) is 11.3 Å². The number of carboxylic acid groups (broad SMARTS) is 1. The third-order valence-corrected chi connectivity index (χ3v) is 4.09. The number of hydrogen-bond donors (Lipinski definition) is 1. The van der Waals surface area contributed by atoms with Crippen LogP contribution in [0.2, 0.25) is 0 Å². The summed E-state index contributed by atoms with van der Waals surface area (Å²) < 4.78 is 11.5. The van der Waals surface area contributed by atoms with Gasteiger partial charge in [0.05, 0.1) is 10.9 Å². The Labute approximate surface area is 154 Å². The fraction of sp³-hybridized carbons (Fsp3) is 0. The summed E-state index contributed by atoms with van der Waals surface area (Å²) in [6.07, 6.45) is 0. The summed E-state index contributed by atoms with van der Waals surface area (Å²) in [5.74, 6) is 0.715. The van der Waals surface area contributed by atoms with Gasteiger partial charge in [-0.2, -0.15) is 0 Å². The van der Waals surface area contributed by atoms with E-state index in [1.54, 1.807) is 24.3 Å². The molecule has 0 unspecified atom stereocenters. The summed E-state index contributed by atoms with van der Waals surface area (Å²) >= 11 is 0. The highest BCUT2D eigenvalue weighted by atomic mass is 16.5. The van der Waals surface area contributed by atoms with E-state index < -0.39 is 5.97 Å². The molecule has 1 aromatic heterocycles. The molecule has 0 aliphatic rings. The Bertz CT molecular complexity index is 1170. The molecule has 0 saturated carbocycles. The first kappa shape index (κ1) is 16.6. The number of benzene rings is 3. The van der Waals surface area contributed by atoms with Crippen LogP contribution in [0.1, 0.15) is 10.4 Å². The number of para-hydroxylation sites is 1. The topological polar surface area (TPSA) is 76.7 Å². The standard InChI is InChI=1S/C22H14O5/c23-19-13-21(27-20-11-8-15(22(24)25)12-18(19)20)14-6-9-17(10-7-14)26-16-4-2-1-3-5-16/h1-13H,(H,24,25). The van der Waals surface area contributed by atoms with Crippen LogP contribution in [-0.2, 0) is 0 Å². The largest absolute Gasteiger partial charge is 0.478 e. The van der Waals surface area contributed by atoms with Crippen LogP contribution in [0.4, 0.5) is 0 Å². The van der Waals surface area contributed by atoms with E-state index in [2.05, 4.69) is 0 Å². The van der Waals surface area contributed by atoms with Gasteiger partial charge < -0.3 is 14.3 Å². The van der Waals surface area contributed by atoms with Crippen molar-refractivity contribution in [3.63, 3.8) is 0 Å². The van der Waals surface area contributed by atoms with E-state index in [-0.39, 0.29) is 16.4 Å². The summed E-state index contributed by atoms with van der Waals surface area (Å²) in [6.45, 7) is 0. The zero-order chi connectivity index (χ0) is 18.8. The predicted octanol–water partition coefficient (Wildman–Crippen LogP) is 4.95. The lowest BCUT2D eigenvalue weighted by atomic mass is 10.1. The van der Waals surface area contributed by atoms with E-state index >= 15 is 0 Å². The third-order valence-electron chi connectivity index (χ3n) is 4.09. The Balaban J connectivity index is 1.67. The molecule has 1 heterocycles. The van der Waals surface area contributed by atoms with E-state index in [1.165, 1.54) is 24.3 Å². The van der Waals surface area contributed by atoms with Crippen molar-refractivity contribution in [1.29, 1.82) is 0 Å². The maximum Gasteiger partial charge on any atom is 0.335 e. The zero-order valence-electron chi connectivity index (χ0n) is 14.1. The average molecular weight is 358 g/mol. The van der Waals surface area contributed by atoms with Crippen molar-refractivity contribution in [1.82, 2.24) is 0 Å². The zero-order valence-corrected chi connectivity index (χ0v) is 14.1. The molecule has 5 heteroatoms. The second kappa shape index (κ2) is 6.80. The minimum absolute atomic E-state index is 0.0463. The Kier molecular flexibility index (Phi) is 4.18. The SMILES string of the molecule is O=C(O)c1ccc2oc(-c3ccc(Oc4ccccc4)cc3)cc(=O)c2c1. The minimum Gasteiger partial charge on any atom is -0.478 e. The third kappa shape index (κ3) is 3.43. The fourth-order valence-electron chi connectivity index (χ4n) is 2.74. The molecule has 0 fully saturated rings. The summed E-state index contributed by atoms with van der Waals surface area (Å²) in [5, 5.41) is 9.29. The highest BCUT2D eigenvalue weighted by Gasteiger charge is 2.10. The van der Waals surface area contributed by atoms with Crippen LogP contribution < -0.4 is 10.2 Å². The van der Waals surface area contributed by atoms with Crippen molar-refractivity contribution in [2.75, 3.05) is 0 Å². The quantitative estimate of drug-likeness (QED) is 0.558. The van der Waals surface area contributed by atoms with Gasteiger partial charge in [-0.25, -0.2) is 4.79 Å². The van der Waals surface area contributed by atoms with Gasteiger partial charge in [0.25, 0.3) is 0 Å². The summed E-state index contributed by atoms with van der Waals surface area (Å²) in [6, 6.07) is 22.2. The average Bonchev–Trinajstić information content (AvgIpc) is 2.69. The molecule has 0 atom stereocenters. The summed E-state index contributed by atoms with van der Waals surface area (Å²) in [4.78, 5) is 23.4. The number of rotatable bonds is 4.